The van der Waals surface area contributed by atoms with Gasteiger partial charge < -0.3 is 10.0 Å². The SMILES string of the molecule is N#C[C@@H]1CC(F)(F)CN1C(=O)CNC(O)c1ccncc1/C=C/C1CCC(F)CC1. The lowest BCUT2D eigenvalue weighted by atomic mass is 9.87. The first kappa shape index (κ1) is 22.2. The lowest BCUT2D eigenvalue weighted by molar-refractivity contribution is -0.132. The van der Waals surface area contributed by atoms with Crippen molar-refractivity contribution < 1.29 is 23.1 Å². The van der Waals surface area contributed by atoms with Gasteiger partial charge in [0.1, 0.15) is 18.4 Å². The largest absolute Gasteiger partial charge is 0.374 e. The van der Waals surface area contributed by atoms with Crippen LogP contribution < -0.4 is 5.32 Å². The van der Waals surface area contributed by atoms with Crippen molar-refractivity contribution in [3.63, 3.8) is 0 Å². The number of nitrogens with one attached hydrogen (secondary N) is 1. The molecule has 0 aromatic carbocycles. The number of hydrogen-bond donors (Lipinski definition) is 2. The summed E-state index contributed by atoms with van der Waals surface area (Å²) in [5.41, 5.74) is 1.13. The van der Waals surface area contributed by atoms with Crippen LogP contribution in [0.25, 0.3) is 6.08 Å². The van der Waals surface area contributed by atoms with Crippen LogP contribution in [0.2, 0.25) is 0 Å². The number of nitrogens with zero attached hydrogens (tertiary/aromatic N) is 3. The Balaban J connectivity index is 1.60. The lowest BCUT2D eigenvalue weighted by Gasteiger charge is -2.22. The number of pyridine rings is 1. The third-order valence-corrected chi connectivity index (χ3v) is 5.62. The minimum Gasteiger partial charge on any atom is -0.374 e. The molecule has 1 aliphatic carbocycles. The molecule has 0 spiro atoms. The highest BCUT2D eigenvalue weighted by molar-refractivity contribution is 5.79. The molecule has 3 rings (SSSR count). The third-order valence-electron chi connectivity index (χ3n) is 5.62. The maximum absolute atomic E-state index is 13.5. The summed E-state index contributed by atoms with van der Waals surface area (Å²) in [5, 5.41) is 22.1. The average molecular weight is 422 g/mol. The monoisotopic (exact) mass is 422 g/mol. The van der Waals surface area contributed by atoms with Crippen LogP contribution in [0.15, 0.2) is 24.5 Å². The number of aliphatic hydroxyl groups excluding tert-OH is 1. The molecule has 1 saturated heterocycles. The molecule has 1 amide bonds. The van der Waals surface area contributed by atoms with Crippen molar-refractivity contribution in [2.75, 3.05) is 13.1 Å². The van der Waals surface area contributed by atoms with Gasteiger partial charge in [-0.3, -0.25) is 15.1 Å². The Morgan fingerprint density at radius 1 is 1.43 bits per heavy atom. The second kappa shape index (κ2) is 9.58. The number of halogens is 3. The first-order chi connectivity index (χ1) is 14.3. The zero-order valence-corrected chi connectivity index (χ0v) is 16.5. The summed E-state index contributed by atoms with van der Waals surface area (Å²) in [5.74, 6) is -3.50. The first-order valence-electron chi connectivity index (χ1n) is 10.0. The summed E-state index contributed by atoms with van der Waals surface area (Å²) in [6, 6.07) is 2.15. The summed E-state index contributed by atoms with van der Waals surface area (Å²) in [4.78, 5) is 17.2. The summed E-state index contributed by atoms with van der Waals surface area (Å²) in [7, 11) is 0. The van der Waals surface area contributed by atoms with E-state index in [9.17, 15) is 23.1 Å². The maximum atomic E-state index is 13.5. The Labute approximate surface area is 173 Å². The molecule has 1 aliphatic heterocycles. The van der Waals surface area contributed by atoms with Crippen LogP contribution in [-0.4, -0.2) is 52.1 Å². The van der Waals surface area contributed by atoms with Gasteiger partial charge in [-0.2, -0.15) is 5.26 Å². The van der Waals surface area contributed by atoms with E-state index in [2.05, 4.69) is 10.3 Å². The molecule has 1 aromatic rings. The highest BCUT2D eigenvalue weighted by atomic mass is 19.3. The quantitative estimate of drug-likeness (QED) is 0.688. The molecule has 0 bridgehead atoms. The van der Waals surface area contributed by atoms with Gasteiger partial charge >= 0.3 is 0 Å². The zero-order valence-electron chi connectivity index (χ0n) is 16.5. The molecule has 0 radical (unpaired) electrons. The number of aromatic nitrogens is 1. The summed E-state index contributed by atoms with van der Waals surface area (Å²) < 4.78 is 40.3. The minimum atomic E-state index is -3.08. The highest BCUT2D eigenvalue weighted by Crippen LogP contribution is 2.32. The van der Waals surface area contributed by atoms with Gasteiger partial charge in [-0.1, -0.05) is 12.2 Å². The zero-order chi connectivity index (χ0) is 21.7. The minimum absolute atomic E-state index is 0.261. The van der Waals surface area contributed by atoms with Crippen molar-refractivity contribution in [3.05, 3.63) is 35.7 Å². The Morgan fingerprint density at radius 3 is 2.87 bits per heavy atom. The molecule has 30 heavy (non-hydrogen) atoms. The van der Waals surface area contributed by atoms with E-state index in [4.69, 9.17) is 5.26 Å². The van der Waals surface area contributed by atoms with E-state index in [0.29, 0.717) is 24.0 Å². The van der Waals surface area contributed by atoms with Crippen LogP contribution in [0.5, 0.6) is 0 Å². The van der Waals surface area contributed by atoms with Crippen LogP contribution in [-0.2, 0) is 4.79 Å². The van der Waals surface area contributed by atoms with Crippen LogP contribution in [0, 0.1) is 17.2 Å². The predicted octanol–water partition coefficient (Wildman–Crippen LogP) is 2.96. The molecule has 6 nitrogen and oxygen atoms in total. The van der Waals surface area contributed by atoms with Gasteiger partial charge in [0.05, 0.1) is 19.2 Å². The number of carbonyl (C=O) groups is 1. The fourth-order valence-corrected chi connectivity index (χ4v) is 3.91. The summed E-state index contributed by atoms with van der Waals surface area (Å²) in [6.45, 7) is -1.19. The van der Waals surface area contributed by atoms with Crippen molar-refractivity contribution in [1.29, 1.82) is 5.26 Å². The van der Waals surface area contributed by atoms with Gasteiger partial charge in [0.15, 0.2) is 0 Å². The number of allylic oxidation sites excluding steroid dienone is 1. The van der Waals surface area contributed by atoms with Gasteiger partial charge in [0, 0.05) is 24.4 Å². The van der Waals surface area contributed by atoms with E-state index in [0.717, 1.165) is 17.7 Å². The Bertz CT molecular complexity index is 819. The summed E-state index contributed by atoms with van der Waals surface area (Å²) in [6.07, 6.45) is 6.87. The number of hydrogen-bond acceptors (Lipinski definition) is 5. The Kier molecular flexibility index (Phi) is 7.10. The molecule has 1 aromatic heterocycles. The average Bonchev–Trinajstić information content (AvgIpc) is 3.06. The second-order valence-corrected chi connectivity index (χ2v) is 7.89. The second-order valence-electron chi connectivity index (χ2n) is 7.89. The van der Waals surface area contributed by atoms with Crippen LogP contribution in [0.3, 0.4) is 0 Å². The van der Waals surface area contributed by atoms with Gasteiger partial charge in [-0.25, -0.2) is 13.2 Å². The van der Waals surface area contributed by atoms with E-state index in [1.54, 1.807) is 18.3 Å². The van der Waals surface area contributed by atoms with Crippen molar-refractivity contribution in [3.8, 4) is 6.07 Å². The number of aliphatic hydroxyl groups is 1. The molecule has 2 heterocycles. The number of amides is 1. The molecular formula is C21H25F3N4O2. The summed E-state index contributed by atoms with van der Waals surface area (Å²) >= 11 is 0. The van der Waals surface area contributed by atoms with Gasteiger partial charge in [0.25, 0.3) is 5.92 Å². The van der Waals surface area contributed by atoms with Gasteiger partial charge in [-0.15, -0.1) is 0 Å². The number of rotatable bonds is 6. The Morgan fingerprint density at radius 2 is 2.17 bits per heavy atom. The van der Waals surface area contributed by atoms with Crippen LogP contribution in [0.1, 0.15) is 49.5 Å². The molecule has 1 saturated carbocycles. The molecule has 9 heteroatoms. The van der Waals surface area contributed by atoms with E-state index in [1.807, 2.05) is 12.2 Å². The number of likely N-dealkylation sites (tertiary alicyclic amines) is 1. The highest BCUT2D eigenvalue weighted by Gasteiger charge is 2.47. The molecule has 162 valence electrons. The van der Waals surface area contributed by atoms with Crippen LogP contribution >= 0.6 is 0 Å². The number of carbonyl (C=O) groups excluding carboxylic acids is 1. The van der Waals surface area contributed by atoms with Crippen molar-refractivity contribution in [2.45, 2.75) is 56.5 Å². The van der Waals surface area contributed by atoms with Crippen molar-refractivity contribution >= 4 is 12.0 Å². The van der Waals surface area contributed by atoms with Gasteiger partial charge in [-0.05, 0) is 43.2 Å². The molecular weight excluding hydrogens is 397 g/mol. The predicted molar refractivity (Wildman–Crippen MR) is 104 cm³/mol. The van der Waals surface area contributed by atoms with E-state index >= 15 is 0 Å². The van der Waals surface area contributed by atoms with Crippen molar-refractivity contribution in [1.82, 2.24) is 15.2 Å². The van der Waals surface area contributed by atoms with Crippen molar-refractivity contribution in [2.24, 2.45) is 5.92 Å². The van der Waals surface area contributed by atoms with E-state index < -0.39 is 43.2 Å². The smallest absolute Gasteiger partial charge is 0.268 e. The topological polar surface area (TPSA) is 89.2 Å². The van der Waals surface area contributed by atoms with Gasteiger partial charge in [0.2, 0.25) is 5.91 Å². The third kappa shape index (κ3) is 5.58. The molecule has 2 aliphatic rings. The Hall–Kier alpha value is -2.44. The maximum Gasteiger partial charge on any atom is 0.268 e. The van der Waals surface area contributed by atoms with E-state index in [1.165, 1.54) is 6.20 Å². The number of alkyl halides is 3. The number of nitriles is 1. The fourth-order valence-electron chi connectivity index (χ4n) is 3.91. The fraction of sp³-hybridized carbons (Fsp3) is 0.571. The normalized spacial score (nSPS) is 27.2. The molecule has 1 unspecified atom stereocenters. The lowest BCUT2D eigenvalue weighted by Crippen LogP contribution is -2.42. The molecule has 2 atom stereocenters. The standard InChI is InChI=1S/C21H25F3N4O2/c22-16-5-2-14(3-6-16)1-4-15-11-26-8-7-18(15)20(30)27-12-19(29)28-13-21(23,24)9-17(28)10-25/h1,4,7-8,11,14,16-17,20,27,30H,2-3,5-6,9,12-13H2/b4-1+/t14?,16?,17-,20?/m0/s1. The molecule has 2 N–H and O–H groups in total. The molecule has 2 fully saturated rings. The van der Waals surface area contributed by atoms with Crippen LogP contribution in [0.4, 0.5) is 13.2 Å². The van der Waals surface area contributed by atoms with E-state index in [-0.39, 0.29) is 12.5 Å². The first-order valence-corrected chi connectivity index (χ1v) is 10.0.